The molecule has 1 saturated carbocycles. The molecule has 2 heteroatoms. The molecule has 1 aliphatic carbocycles. The van der Waals surface area contributed by atoms with Crippen LogP contribution in [-0.2, 0) is 0 Å². The molecule has 0 spiro atoms. The van der Waals surface area contributed by atoms with E-state index in [2.05, 4.69) is 13.0 Å². The molecule has 0 aliphatic heterocycles. The third kappa shape index (κ3) is 5.03. The summed E-state index contributed by atoms with van der Waals surface area (Å²) in [6, 6.07) is 7.66. The minimum atomic E-state index is -0.137. The molecule has 0 aromatic heterocycles. The molecule has 2 nitrogen and oxygen atoms in total. The van der Waals surface area contributed by atoms with Gasteiger partial charge in [-0.1, -0.05) is 51.2 Å². The number of phenolic OH excluding ortho intramolecular Hbond substituents is 1. The highest BCUT2D eigenvalue weighted by atomic mass is 16.3. The third-order valence-electron chi connectivity index (χ3n) is 4.95. The lowest BCUT2D eigenvalue weighted by atomic mass is 9.75. The lowest BCUT2D eigenvalue weighted by Gasteiger charge is -2.32. The smallest absolute Gasteiger partial charge is 0.115 e. The fraction of sp³-hybridized carbons (Fsp3) is 0.684. The van der Waals surface area contributed by atoms with Gasteiger partial charge in [0.25, 0.3) is 0 Å². The van der Waals surface area contributed by atoms with Crippen molar-refractivity contribution in [2.75, 3.05) is 0 Å². The van der Waals surface area contributed by atoms with E-state index in [1.165, 1.54) is 37.7 Å². The Hall–Kier alpha value is -1.02. The molecule has 21 heavy (non-hydrogen) atoms. The maximum absolute atomic E-state index is 10.4. The number of hydrogen-bond donors (Lipinski definition) is 2. The Morgan fingerprint density at radius 2 is 2.05 bits per heavy atom. The average Bonchev–Trinajstić information content (AvgIpc) is 2.51. The van der Waals surface area contributed by atoms with Crippen LogP contribution in [0, 0.1) is 5.92 Å². The van der Waals surface area contributed by atoms with Crippen molar-refractivity contribution in [3.8, 4) is 5.75 Å². The molecule has 118 valence electrons. The highest BCUT2D eigenvalue weighted by molar-refractivity contribution is 5.30. The second kappa shape index (κ2) is 8.43. The molecule has 1 fully saturated rings. The van der Waals surface area contributed by atoms with E-state index in [4.69, 9.17) is 0 Å². The molecule has 0 amide bonds. The predicted octanol–water partition coefficient (Wildman–Crippen LogP) is 5.00. The molecule has 1 aromatic rings. The fourth-order valence-corrected chi connectivity index (χ4v) is 3.67. The number of aliphatic hydroxyl groups is 1. The summed E-state index contributed by atoms with van der Waals surface area (Å²) in [7, 11) is 0. The summed E-state index contributed by atoms with van der Waals surface area (Å²) >= 11 is 0. The van der Waals surface area contributed by atoms with Gasteiger partial charge >= 0.3 is 0 Å². The van der Waals surface area contributed by atoms with Crippen LogP contribution in [0.2, 0.25) is 0 Å². The number of aromatic hydroxyl groups is 1. The van der Waals surface area contributed by atoms with E-state index in [1.807, 2.05) is 12.1 Å². The van der Waals surface area contributed by atoms with Crippen LogP contribution >= 0.6 is 0 Å². The molecule has 1 aliphatic rings. The zero-order valence-electron chi connectivity index (χ0n) is 13.3. The minimum absolute atomic E-state index is 0.137. The summed E-state index contributed by atoms with van der Waals surface area (Å²) in [5.41, 5.74) is 1.23. The van der Waals surface area contributed by atoms with Gasteiger partial charge in [0.1, 0.15) is 5.75 Å². The second-order valence-electron chi connectivity index (χ2n) is 6.64. The van der Waals surface area contributed by atoms with Crippen molar-refractivity contribution in [1.29, 1.82) is 0 Å². The van der Waals surface area contributed by atoms with Gasteiger partial charge in [-0.25, -0.2) is 0 Å². The lowest BCUT2D eigenvalue weighted by molar-refractivity contribution is 0.0695. The number of hydrogen-bond acceptors (Lipinski definition) is 2. The van der Waals surface area contributed by atoms with Crippen LogP contribution in [0.1, 0.15) is 76.2 Å². The summed E-state index contributed by atoms with van der Waals surface area (Å²) in [4.78, 5) is 0. The van der Waals surface area contributed by atoms with E-state index in [9.17, 15) is 10.2 Å². The van der Waals surface area contributed by atoms with Gasteiger partial charge in [-0.3, -0.25) is 0 Å². The molecule has 2 rings (SSSR count). The maximum Gasteiger partial charge on any atom is 0.115 e. The molecule has 0 heterocycles. The van der Waals surface area contributed by atoms with Gasteiger partial charge in [0.2, 0.25) is 0 Å². The highest BCUT2D eigenvalue weighted by Crippen LogP contribution is 2.39. The Morgan fingerprint density at radius 3 is 2.81 bits per heavy atom. The molecule has 1 aromatic carbocycles. The monoisotopic (exact) mass is 290 g/mol. The number of unbranched alkanes of at least 4 members (excludes halogenated alkanes) is 3. The summed E-state index contributed by atoms with van der Waals surface area (Å²) in [5.74, 6) is 1.30. The van der Waals surface area contributed by atoms with Crippen molar-refractivity contribution in [1.82, 2.24) is 0 Å². The molecule has 3 unspecified atom stereocenters. The Bertz CT molecular complexity index is 416. The van der Waals surface area contributed by atoms with Crippen LogP contribution in [0.5, 0.6) is 5.75 Å². The van der Waals surface area contributed by atoms with Gasteiger partial charge in [0.15, 0.2) is 0 Å². The summed E-state index contributed by atoms with van der Waals surface area (Å²) < 4.78 is 0. The van der Waals surface area contributed by atoms with Crippen molar-refractivity contribution in [3.05, 3.63) is 29.8 Å². The van der Waals surface area contributed by atoms with Crippen molar-refractivity contribution in [2.45, 2.75) is 76.7 Å². The van der Waals surface area contributed by atoms with E-state index in [0.29, 0.717) is 17.6 Å². The van der Waals surface area contributed by atoms with Crippen LogP contribution in [0.4, 0.5) is 0 Å². The zero-order valence-corrected chi connectivity index (χ0v) is 13.3. The van der Waals surface area contributed by atoms with Crippen molar-refractivity contribution >= 4 is 0 Å². The topological polar surface area (TPSA) is 40.5 Å². The molecule has 0 bridgehead atoms. The zero-order chi connectivity index (χ0) is 15.1. The standard InChI is InChI=1S/C19H30O2/c1-2-3-4-5-12-19(21)17-10-6-8-15(13-17)16-9-7-11-18(20)14-16/h7,9,11,14-15,17,19-21H,2-6,8,10,12-13H2,1H3. The first-order valence-electron chi connectivity index (χ1n) is 8.67. The van der Waals surface area contributed by atoms with Gasteiger partial charge in [-0.05, 0) is 55.2 Å². The van der Waals surface area contributed by atoms with Gasteiger partial charge < -0.3 is 10.2 Å². The van der Waals surface area contributed by atoms with E-state index in [1.54, 1.807) is 6.07 Å². The highest BCUT2D eigenvalue weighted by Gasteiger charge is 2.27. The Balaban J connectivity index is 1.85. The van der Waals surface area contributed by atoms with Gasteiger partial charge in [0, 0.05) is 0 Å². The molecule has 3 atom stereocenters. The SMILES string of the molecule is CCCCCCC(O)C1CCCC(c2cccc(O)c2)C1. The average molecular weight is 290 g/mol. The van der Waals surface area contributed by atoms with E-state index in [0.717, 1.165) is 25.7 Å². The lowest BCUT2D eigenvalue weighted by Crippen LogP contribution is -2.26. The Kier molecular flexibility index (Phi) is 6.56. The van der Waals surface area contributed by atoms with Gasteiger partial charge in [-0.2, -0.15) is 0 Å². The van der Waals surface area contributed by atoms with Crippen molar-refractivity contribution in [2.24, 2.45) is 5.92 Å². The molecule has 0 saturated heterocycles. The van der Waals surface area contributed by atoms with E-state index in [-0.39, 0.29) is 6.10 Å². The predicted molar refractivity (Wildman–Crippen MR) is 87.6 cm³/mol. The maximum atomic E-state index is 10.4. The molecular formula is C19H30O2. The number of phenols is 1. The van der Waals surface area contributed by atoms with E-state index < -0.39 is 0 Å². The number of aliphatic hydroxyl groups excluding tert-OH is 1. The van der Waals surface area contributed by atoms with Crippen LogP contribution in [-0.4, -0.2) is 16.3 Å². The number of rotatable bonds is 7. The first-order valence-corrected chi connectivity index (χ1v) is 8.67. The fourth-order valence-electron chi connectivity index (χ4n) is 3.67. The Morgan fingerprint density at radius 1 is 1.19 bits per heavy atom. The van der Waals surface area contributed by atoms with Gasteiger partial charge in [0.05, 0.1) is 6.10 Å². The Labute approximate surface area is 129 Å². The quantitative estimate of drug-likeness (QED) is 0.694. The molecule has 0 radical (unpaired) electrons. The summed E-state index contributed by atoms with van der Waals surface area (Å²) in [6.45, 7) is 2.22. The van der Waals surface area contributed by atoms with Crippen molar-refractivity contribution < 1.29 is 10.2 Å². The van der Waals surface area contributed by atoms with Crippen LogP contribution < -0.4 is 0 Å². The minimum Gasteiger partial charge on any atom is -0.508 e. The van der Waals surface area contributed by atoms with Gasteiger partial charge in [-0.15, -0.1) is 0 Å². The second-order valence-corrected chi connectivity index (χ2v) is 6.64. The summed E-state index contributed by atoms with van der Waals surface area (Å²) in [5, 5.41) is 20.1. The van der Waals surface area contributed by atoms with E-state index >= 15 is 0 Å². The first kappa shape index (κ1) is 16.4. The normalized spacial score (nSPS) is 23.9. The first-order chi connectivity index (χ1) is 10.2. The van der Waals surface area contributed by atoms with Crippen LogP contribution in [0.15, 0.2) is 24.3 Å². The molecule has 2 N–H and O–H groups in total. The van der Waals surface area contributed by atoms with Crippen molar-refractivity contribution in [3.63, 3.8) is 0 Å². The van der Waals surface area contributed by atoms with Crippen LogP contribution in [0.3, 0.4) is 0 Å². The largest absolute Gasteiger partial charge is 0.508 e. The van der Waals surface area contributed by atoms with Crippen LogP contribution in [0.25, 0.3) is 0 Å². The molecular weight excluding hydrogens is 260 g/mol. The third-order valence-corrected chi connectivity index (χ3v) is 4.95. The number of benzene rings is 1. The summed E-state index contributed by atoms with van der Waals surface area (Å²) in [6.07, 6.45) is 10.3.